The van der Waals surface area contributed by atoms with Crippen LogP contribution in [-0.2, 0) is 6.42 Å². The first-order valence-electron chi connectivity index (χ1n) is 8.52. The number of anilines is 2. The second-order valence-electron chi connectivity index (χ2n) is 6.22. The summed E-state index contributed by atoms with van der Waals surface area (Å²) in [6, 6.07) is 6.25. The van der Waals surface area contributed by atoms with Crippen molar-refractivity contribution in [3.63, 3.8) is 0 Å². The highest BCUT2D eigenvalue weighted by Crippen LogP contribution is 2.39. The number of aromatic amines is 1. The molecule has 1 saturated carbocycles. The van der Waals surface area contributed by atoms with Crippen LogP contribution in [0.5, 0.6) is 0 Å². The average Bonchev–Trinajstić information content (AvgIpc) is 3.19. The average molecular weight is 349 g/mol. The molecule has 25 heavy (non-hydrogen) atoms. The molecule has 1 fully saturated rings. The summed E-state index contributed by atoms with van der Waals surface area (Å²) in [5.74, 6) is 5.31. The predicted molar refractivity (Wildman–Crippen MR) is 101 cm³/mol. The van der Waals surface area contributed by atoms with Gasteiger partial charge in [-0.1, -0.05) is 19.3 Å². The number of H-pyrrole nitrogens is 1. The Morgan fingerprint density at radius 1 is 1.40 bits per heavy atom. The van der Waals surface area contributed by atoms with E-state index in [2.05, 4.69) is 50.5 Å². The van der Waals surface area contributed by atoms with Gasteiger partial charge in [-0.05, 0) is 31.4 Å². The summed E-state index contributed by atoms with van der Waals surface area (Å²) >= 11 is 1.73. The molecule has 0 saturated heterocycles. The number of nitrogens with zero attached hydrogens (tertiary/aromatic N) is 3. The van der Waals surface area contributed by atoms with Gasteiger partial charge in [0, 0.05) is 28.8 Å². The highest BCUT2D eigenvalue weighted by Gasteiger charge is 2.25. The molecule has 2 N–H and O–H groups in total. The first-order chi connectivity index (χ1) is 12.3. The molecule has 0 bridgehead atoms. The predicted octanol–water partition coefficient (Wildman–Crippen LogP) is 4.48. The highest BCUT2D eigenvalue weighted by molar-refractivity contribution is 7.15. The van der Waals surface area contributed by atoms with Crippen LogP contribution in [0.15, 0.2) is 24.4 Å². The lowest BCUT2D eigenvalue weighted by Crippen LogP contribution is -2.00. The molecule has 6 heteroatoms. The van der Waals surface area contributed by atoms with E-state index in [0.717, 1.165) is 23.5 Å². The lowest BCUT2D eigenvalue weighted by Gasteiger charge is -2.06. The summed E-state index contributed by atoms with van der Waals surface area (Å²) in [6.07, 6.45) is 12.0. The Kier molecular flexibility index (Phi) is 4.24. The third kappa shape index (κ3) is 3.42. The zero-order chi connectivity index (χ0) is 17.2. The second-order valence-corrected chi connectivity index (χ2v) is 7.39. The molecule has 5 nitrogen and oxygen atoms in total. The molecule has 1 aliphatic carbocycles. The summed E-state index contributed by atoms with van der Waals surface area (Å²) in [7, 11) is 0. The van der Waals surface area contributed by atoms with Crippen molar-refractivity contribution in [2.75, 3.05) is 5.32 Å². The van der Waals surface area contributed by atoms with Crippen LogP contribution in [0.4, 0.5) is 11.6 Å². The van der Waals surface area contributed by atoms with E-state index in [1.807, 2.05) is 6.07 Å². The first kappa shape index (κ1) is 15.9. The molecule has 0 spiro atoms. The molecule has 0 aliphatic heterocycles. The molecular formula is C19H19N5S. The molecule has 0 aromatic carbocycles. The number of nitrogens with one attached hydrogen (secondary N) is 2. The Morgan fingerprint density at radius 2 is 2.28 bits per heavy atom. The molecule has 4 rings (SSSR count). The Hall–Kier alpha value is -2.65. The molecule has 3 aromatic rings. The Balaban J connectivity index is 1.61. The fourth-order valence-electron chi connectivity index (χ4n) is 2.71. The summed E-state index contributed by atoms with van der Waals surface area (Å²) in [5.41, 5.74) is 1.80. The van der Waals surface area contributed by atoms with Gasteiger partial charge in [0.05, 0.1) is 10.4 Å². The van der Waals surface area contributed by atoms with Crippen LogP contribution >= 0.6 is 11.3 Å². The highest BCUT2D eigenvalue weighted by atomic mass is 32.1. The van der Waals surface area contributed by atoms with E-state index in [1.54, 1.807) is 17.5 Å². The molecule has 0 atom stereocenters. The summed E-state index contributed by atoms with van der Waals surface area (Å²) in [4.78, 5) is 11.5. The number of aromatic nitrogens is 4. The minimum absolute atomic E-state index is 0.617. The summed E-state index contributed by atoms with van der Waals surface area (Å²) in [5, 5.41) is 10.6. The van der Waals surface area contributed by atoms with Crippen molar-refractivity contribution in [1.29, 1.82) is 0 Å². The van der Waals surface area contributed by atoms with Gasteiger partial charge in [0.15, 0.2) is 17.5 Å². The second kappa shape index (κ2) is 6.69. The van der Waals surface area contributed by atoms with Gasteiger partial charge in [-0.25, -0.2) is 9.97 Å². The van der Waals surface area contributed by atoms with Crippen molar-refractivity contribution >= 4 is 23.0 Å². The molecule has 0 unspecified atom stereocenters. The SMILES string of the molecule is C#Cc1cnc(-c2ccc(CCC)s2)nc1Nc1cc(C2CC2)[nH]n1. The minimum Gasteiger partial charge on any atom is -0.322 e. The molecule has 3 aromatic heterocycles. The van der Waals surface area contributed by atoms with E-state index >= 15 is 0 Å². The van der Waals surface area contributed by atoms with E-state index in [-0.39, 0.29) is 0 Å². The number of hydrogen-bond donors (Lipinski definition) is 2. The largest absolute Gasteiger partial charge is 0.322 e. The maximum Gasteiger partial charge on any atom is 0.171 e. The van der Waals surface area contributed by atoms with Gasteiger partial charge < -0.3 is 5.32 Å². The Morgan fingerprint density at radius 3 is 3.04 bits per heavy atom. The van der Waals surface area contributed by atoms with E-state index < -0.39 is 0 Å². The maximum atomic E-state index is 5.60. The van der Waals surface area contributed by atoms with Crippen molar-refractivity contribution in [1.82, 2.24) is 20.2 Å². The van der Waals surface area contributed by atoms with Crippen LogP contribution in [-0.4, -0.2) is 20.2 Å². The van der Waals surface area contributed by atoms with Crippen molar-refractivity contribution in [2.24, 2.45) is 0 Å². The van der Waals surface area contributed by atoms with E-state index in [1.165, 1.54) is 23.4 Å². The number of terminal acetylenes is 1. The molecule has 3 heterocycles. The fourth-order valence-corrected chi connectivity index (χ4v) is 3.76. The van der Waals surface area contributed by atoms with Gasteiger partial charge in [0.1, 0.15) is 0 Å². The Bertz CT molecular complexity index is 929. The lowest BCUT2D eigenvalue weighted by molar-refractivity contribution is 0.940. The summed E-state index contributed by atoms with van der Waals surface area (Å²) < 4.78 is 0. The van der Waals surface area contributed by atoms with Crippen LogP contribution in [0.1, 0.15) is 48.2 Å². The number of rotatable bonds is 6. The normalized spacial score (nSPS) is 13.6. The van der Waals surface area contributed by atoms with Gasteiger partial charge >= 0.3 is 0 Å². The standard InChI is InChI=1S/C19H19N5S/c1-3-5-14-8-9-16(25-14)19-20-11-12(4-2)18(22-19)21-17-10-15(23-24-17)13-6-7-13/h2,8-11,13H,3,5-7H2,1H3,(H2,20,21,22,23,24). The van der Waals surface area contributed by atoms with Crippen molar-refractivity contribution in [3.8, 4) is 23.0 Å². The monoisotopic (exact) mass is 349 g/mol. The third-order valence-corrected chi connectivity index (χ3v) is 5.32. The van der Waals surface area contributed by atoms with Crippen LogP contribution in [0.3, 0.4) is 0 Å². The van der Waals surface area contributed by atoms with Crippen molar-refractivity contribution in [3.05, 3.63) is 40.5 Å². The van der Waals surface area contributed by atoms with Gasteiger partial charge in [-0.2, -0.15) is 5.10 Å². The van der Waals surface area contributed by atoms with Crippen molar-refractivity contribution in [2.45, 2.75) is 38.5 Å². The van der Waals surface area contributed by atoms with Gasteiger partial charge in [0.2, 0.25) is 0 Å². The minimum atomic E-state index is 0.617. The topological polar surface area (TPSA) is 66.5 Å². The molecule has 0 radical (unpaired) electrons. The fraction of sp³-hybridized carbons (Fsp3) is 0.316. The zero-order valence-electron chi connectivity index (χ0n) is 14.0. The van der Waals surface area contributed by atoms with Crippen LogP contribution in [0, 0.1) is 12.3 Å². The van der Waals surface area contributed by atoms with Crippen molar-refractivity contribution < 1.29 is 0 Å². The quantitative estimate of drug-likeness (QED) is 0.644. The molecule has 126 valence electrons. The van der Waals surface area contributed by atoms with Crippen LogP contribution in [0.2, 0.25) is 0 Å². The number of hydrogen-bond acceptors (Lipinski definition) is 5. The molecular weight excluding hydrogens is 330 g/mol. The molecule has 1 aliphatic rings. The number of thiophene rings is 1. The smallest absolute Gasteiger partial charge is 0.171 e. The van der Waals surface area contributed by atoms with Gasteiger partial charge in [0.25, 0.3) is 0 Å². The van der Waals surface area contributed by atoms with E-state index in [4.69, 9.17) is 6.42 Å². The third-order valence-electron chi connectivity index (χ3n) is 4.18. The van der Waals surface area contributed by atoms with E-state index in [0.29, 0.717) is 23.1 Å². The zero-order valence-corrected chi connectivity index (χ0v) is 14.9. The van der Waals surface area contributed by atoms with E-state index in [9.17, 15) is 0 Å². The Labute approximate surface area is 150 Å². The van der Waals surface area contributed by atoms with Crippen LogP contribution in [0.25, 0.3) is 10.7 Å². The first-order valence-corrected chi connectivity index (χ1v) is 9.33. The number of aryl methyl sites for hydroxylation is 1. The maximum absolute atomic E-state index is 5.60. The van der Waals surface area contributed by atoms with Crippen LogP contribution < -0.4 is 5.32 Å². The van der Waals surface area contributed by atoms with Gasteiger partial charge in [-0.3, -0.25) is 5.10 Å². The lowest BCUT2D eigenvalue weighted by atomic mass is 10.3. The summed E-state index contributed by atoms with van der Waals surface area (Å²) in [6.45, 7) is 2.18. The molecule has 0 amide bonds. The van der Waals surface area contributed by atoms with Gasteiger partial charge in [-0.15, -0.1) is 17.8 Å².